The van der Waals surface area contributed by atoms with Crippen LogP contribution in [0.25, 0.3) is 0 Å². The smallest absolute Gasteiger partial charge is 0.00390 e. The molecule has 0 radical (unpaired) electrons. The molecule has 1 atom stereocenters. The zero-order valence-corrected chi connectivity index (χ0v) is 11.5. The lowest BCUT2D eigenvalue weighted by atomic mass is 9.86. The van der Waals surface area contributed by atoms with E-state index in [4.69, 9.17) is 5.73 Å². The molecule has 2 nitrogen and oxygen atoms in total. The highest BCUT2D eigenvalue weighted by Crippen LogP contribution is 2.26. The molecule has 1 saturated carbocycles. The molecule has 0 aromatic carbocycles. The zero-order chi connectivity index (χ0) is 12.1. The molecule has 1 aliphatic carbocycles. The van der Waals surface area contributed by atoms with Crippen LogP contribution in [0, 0.1) is 11.8 Å². The second kappa shape index (κ2) is 6.75. The van der Waals surface area contributed by atoms with Crippen LogP contribution in [0.2, 0.25) is 0 Å². The first-order valence-electron chi connectivity index (χ1n) is 7.76. The minimum absolute atomic E-state index is 0.500. The molecule has 17 heavy (non-hydrogen) atoms. The summed E-state index contributed by atoms with van der Waals surface area (Å²) in [7, 11) is 0. The van der Waals surface area contributed by atoms with Crippen molar-refractivity contribution in [3.8, 4) is 0 Å². The van der Waals surface area contributed by atoms with E-state index in [0.717, 1.165) is 11.8 Å². The predicted octanol–water partition coefficient (Wildman–Crippen LogP) is 3.02. The van der Waals surface area contributed by atoms with Gasteiger partial charge in [0.05, 0.1) is 0 Å². The number of likely N-dealkylation sites (tertiary alicyclic amines) is 1. The van der Waals surface area contributed by atoms with E-state index < -0.39 is 0 Å². The van der Waals surface area contributed by atoms with E-state index in [1.165, 1.54) is 71.0 Å². The van der Waals surface area contributed by atoms with Gasteiger partial charge in [0.25, 0.3) is 0 Å². The Morgan fingerprint density at radius 3 is 2.41 bits per heavy atom. The second-order valence-electron chi connectivity index (χ2n) is 6.29. The fourth-order valence-corrected chi connectivity index (χ4v) is 3.55. The molecule has 0 amide bonds. The van der Waals surface area contributed by atoms with Crippen molar-refractivity contribution < 1.29 is 0 Å². The van der Waals surface area contributed by atoms with Crippen LogP contribution in [0.3, 0.4) is 0 Å². The van der Waals surface area contributed by atoms with Gasteiger partial charge in [-0.2, -0.15) is 0 Å². The number of hydrogen-bond donors (Lipinski definition) is 1. The quantitative estimate of drug-likeness (QED) is 0.819. The summed E-state index contributed by atoms with van der Waals surface area (Å²) >= 11 is 0. The Morgan fingerprint density at radius 1 is 0.941 bits per heavy atom. The van der Waals surface area contributed by atoms with Gasteiger partial charge in [-0.3, -0.25) is 0 Å². The first-order valence-corrected chi connectivity index (χ1v) is 7.76. The SMILES string of the molecule is CCC1CCCN(CC2CCC(N)CC2)CC1. The monoisotopic (exact) mass is 238 g/mol. The maximum absolute atomic E-state index is 5.98. The summed E-state index contributed by atoms with van der Waals surface area (Å²) in [6.45, 7) is 6.39. The summed E-state index contributed by atoms with van der Waals surface area (Å²) in [5.74, 6) is 1.94. The van der Waals surface area contributed by atoms with Gasteiger partial charge in [-0.05, 0) is 69.9 Å². The minimum atomic E-state index is 0.500. The van der Waals surface area contributed by atoms with Crippen LogP contribution < -0.4 is 5.73 Å². The van der Waals surface area contributed by atoms with Crippen LogP contribution in [0.5, 0.6) is 0 Å². The van der Waals surface area contributed by atoms with Gasteiger partial charge in [-0.1, -0.05) is 13.3 Å². The van der Waals surface area contributed by atoms with Crippen molar-refractivity contribution in [2.75, 3.05) is 19.6 Å². The van der Waals surface area contributed by atoms with Crippen molar-refractivity contribution in [2.45, 2.75) is 64.3 Å². The van der Waals surface area contributed by atoms with Gasteiger partial charge in [0.1, 0.15) is 0 Å². The lowest BCUT2D eigenvalue weighted by Crippen LogP contribution is -2.35. The summed E-state index contributed by atoms with van der Waals surface area (Å²) < 4.78 is 0. The van der Waals surface area contributed by atoms with Crippen molar-refractivity contribution in [1.29, 1.82) is 0 Å². The van der Waals surface area contributed by atoms with Crippen molar-refractivity contribution in [3.63, 3.8) is 0 Å². The molecule has 2 fully saturated rings. The third-order valence-electron chi connectivity index (χ3n) is 4.93. The zero-order valence-electron chi connectivity index (χ0n) is 11.5. The fraction of sp³-hybridized carbons (Fsp3) is 1.00. The van der Waals surface area contributed by atoms with Crippen LogP contribution in [0.1, 0.15) is 58.3 Å². The third-order valence-corrected chi connectivity index (χ3v) is 4.93. The van der Waals surface area contributed by atoms with Crippen LogP contribution in [-0.4, -0.2) is 30.6 Å². The Kier molecular flexibility index (Phi) is 5.30. The number of nitrogens with zero attached hydrogens (tertiary/aromatic N) is 1. The molecular formula is C15H30N2. The molecule has 0 spiro atoms. The Labute approximate surface area is 107 Å². The average molecular weight is 238 g/mol. The van der Waals surface area contributed by atoms with Gasteiger partial charge in [0, 0.05) is 12.6 Å². The van der Waals surface area contributed by atoms with E-state index in [1.54, 1.807) is 0 Å². The van der Waals surface area contributed by atoms with E-state index in [-0.39, 0.29) is 0 Å². The van der Waals surface area contributed by atoms with Crippen LogP contribution in [0.4, 0.5) is 0 Å². The van der Waals surface area contributed by atoms with E-state index >= 15 is 0 Å². The summed E-state index contributed by atoms with van der Waals surface area (Å²) in [6, 6.07) is 0.500. The summed E-state index contributed by atoms with van der Waals surface area (Å²) in [6.07, 6.45) is 11.0. The molecular weight excluding hydrogens is 208 g/mol. The Bertz CT molecular complexity index is 209. The van der Waals surface area contributed by atoms with Crippen LogP contribution in [0.15, 0.2) is 0 Å². The van der Waals surface area contributed by atoms with Gasteiger partial charge in [0.15, 0.2) is 0 Å². The van der Waals surface area contributed by atoms with Gasteiger partial charge in [-0.15, -0.1) is 0 Å². The average Bonchev–Trinajstić information content (AvgIpc) is 2.57. The van der Waals surface area contributed by atoms with Gasteiger partial charge < -0.3 is 10.6 Å². The standard InChI is InChI=1S/C15H30N2/c1-2-13-4-3-10-17(11-9-13)12-14-5-7-15(16)8-6-14/h13-15H,2-12,16H2,1H3. The molecule has 1 aliphatic heterocycles. The molecule has 2 heteroatoms. The number of rotatable bonds is 3. The van der Waals surface area contributed by atoms with E-state index in [0.29, 0.717) is 6.04 Å². The number of hydrogen-bond acceptors (Lipinski definition) is 2. The van der Waals surface area contributed by atoms with Gasteiger partial charge in [-0.25, -0.2) is 0 Å². The van der Waals surface area contributed by atoms with Gasteiger partial charge >= 0.3 is 0 Å². The molecule has 0 aromatic heterocycles. The molecule has 2 aliphatic rings. The van der Waals surface area contributed by atoms with Crippen molar-refractivity contribution in [2.24, 2.45) is 17.6 Å². The topological polar surface area (TPSA) is 29.3 Å². The molecule has 0 bridgehead atoms. The summed E-state index contributed by atoms with van der Waals surface area (Å²) in [5, 5.41) is 0. The van der Waals surface area contributed by atoms with Gasteiger partial charge in [0.2, 0.25) is 0 Å². The Hall–Kier alpha value is -0.0800. The lowest BCUT2D eigenvalue weighted by Gasteiger charge is -2.31. The highest BCUT2D eigenvalue weighted by Gasteiger charge is 2.22. The molecule has 1 saturated heterocycles. The van der Waals surface area contributed by atoms with E-state index in [9.17, 15) is 0 Å². The fourth-order valence-electron chi connectivity index (χ4n) is 3.55. The predicted molar refractivity (Wildman–Crippen MR) is 74.0 cm³/mol. The van der Waals surface area contributed by atoms with Crippen LogP contribution >= 0.6 is 0 Å². The maximum Gasteiger partial charge on any atom is 0.00390 e. The maximum atomic E-state index is 5.98. The highest BCUT2D eigenvalue weighted by atomic mass is 15.1. The largest absolute Gasteiger partial charge is 0.328 e. The van der Waals surface area contributed by atoms with Crippen LogP contribution in [-0.2, 0) is 0 Å². The molecule has 0 aromatic rings. The molecule has 1 unspecified atom stereocenters. The lowest BCUT2D eigenvalue weighted by molar-refractivity contribution is 0.197. The number of nitrogens with two attached hydrogens (primary N) is 1. The minimum Gasteiger partial charge on any atom is -0.328 e. The normalized spacial score (nSPS) is 36.7. The van der Waals surface area contributed by atoms with E-state index in [2.05, 4.69) is 11.8 Å². The second-order valence-corrected chi connectivity index (χ2v) is 6.29. The van der Waals surface area contributed by atoms with Crippen molar-refractivity contribution >= 4 is 0 Å². The Morgan fingerprint density at radius 2 is 1.71 bits per heavy atom. The molecule has 1 heterocycles. The van der Waals surface area contributed by atoms with Crippen molar-refractivity contribution in [1.82, 2.24) is 4.90 Å². The Balaban J connectivity index is 1.71. The summed E-state index contributed by atoms with van der Waals surface area (Å²) in [5.41, 5.74) is 5.98. The third kappa shape index (κ3) is 4.26. The molecule has 100 valence electrons. The first-order chi connectivity index (χ1) is 8.28. The highest BCUT2D eigenvalue weighted by molar-refractivity contribution is 4.78. The first kappa shape index (κ1) is 13.4. The van der Waals surface area contributed by atoms with E-state index in [1.807, 2.05) is 0 Å². The molecule has 2 N–H and O–H groups in total. The molecule has 2 rings (SSSR count). The van der Waals surface area contributed by atoms with Crippen molar-refractivity contribution in [3.05, 3.63) is 0 Å². The summed E-state index contributed by atoms with van der Waals surface area (Å²) in [4.78, 5) is 2.73.